The molecule has 0 fully saturated rings. The molecule has 1 aromatic heterocycles. The molecule has 3 rings (SSSR count). The lowest BCUT2D eigenvalue weighted by molar-refractivity contribution is -0.126. The molecular formula is C24H32F2N4O2. The van der Waals surface area contributed by atoms with Crippen LogP contribution in [0.5, 0.6) is 0 Å². The maximum absolute atomic E-state index is 13.9. The Morgan fingerprint density at radius 2 is 1.75 bits per heavy atom. The zero-order valence-corrected chi connectivity index (χ0v) is 19.6. The van der Waals surface area contributed by atoms with Crippen LogP contribution in [-0.4, -0.2) is 32.9 Å². The smallest absolute Gasteiger partial charge is 0.272 e. The molecule has 32 heavy (non-hydrogen) atoms. The summed E-state index contributed by atoms with van der Waals surface area (Å²) < 4.78 is 29.2. The van der Waals surface area contributed by atoms with E-state index in [4.69, 9.17) is 0 Å². The lowest BCUT2D eigenvalue weighted by atomic mass is 9.85. The molecule has 0 saturated carbocycles. The van der Waals surface area contributed by atoms with Crippen molar-refractivity contribution in [3.63, 3.8) is 0 Å². The molecule has 0 aliphatic carbocycles. The number of aromatic nitrogens is 2. The molecule has 6 nitrogen and oxygen atoms in total. The minimum absolute atomic E-state index is 0.224. The third-order valence-electron chi connectivity index (χ3n) is 5.41. The highest BCUT2D eigenvalue weighted by Crippen LogP contribution is 2.29. The molecule has 1 atom stereocenters. The fourth-order valence-corrected chi connectivity index (χ4v) is 3.90. The predicted molar refractivity (Wildman–Crippen MR) is 119 cm³/mol. The Labute approximate surface area is 187 Å². The number of nitrogens with one attached hydrogen (secondary N) is 2. The molecule has 1 aliphatic rings. The summed E-state index contributed by atoms with van der Waals surface area (Å²) in [6.45, 7) is 11.9. The number of carbonyl (C=O) groups excluding carboxylic acids is 2. The Morgan fingerprint density at radius 1 is 1.06 bits per heavy atom. The summed E-state index contributed by atoms with van der Waals surface area (Å²) in [5, 5.41) is 5.80. The Hall–Kier alpha value is -2.77. The average molecular weight is 447 g/mol. The zero-order chi connectivity index (χ0) is 23.8. The van der Waals surface area contributed by atoms with Crippen molar-refractivity contribution in [2.45, 2.75) is 78.9 Å². The monoisotopic (exact) mass is 446 g/mol. The van der Waals surface area contributed by atoms with E-state index in [1.54, 1.807) is 0 Å². The highest BCUT2D eigenvalue weighted by molar-refractivity contribution is 5.98. The van der Waals surface area contributed by atoms with Gasteiger partial charge in [0.1, 0.15) is 17.6 Å². The van der Waals surface area contributed by atoms with E-state index < -0.39 is 34.5 Å². The van der Waals surface area contributed by atoms with Crippen LogP contribution in [0.15, 0.2) is 18.2 Å². The second-order valence-electron chi connectivity index (χ2n) is 10.5. The van der Waals surface area contributed by atoms with Crippen molar-refractivity contribution >= 4 is 11.8 Å². The molecule has 2 heterocycles. The van der Waals surface area contributed by atoms with Crippen molar-refractivity contribution < 1.29 is 18.4 Å². The Kier molecular flexibility index (Phi) is 6.45. The van der Waals surface area contributed by atoms with E-state index in [1.165, 1.54) is 6.07 Å². The number of imidazole rings is 1. The summed E-state index contributed by atoms with van der Waals surface area (Å²) in [4.78, 5) is 30.8. The van der Waals surface area contributed by atoms with Crippen molar-refractivity contribution in [1.82, 2.24) is 20.2 Å². The van der Waals surface area contributed by atoms with E-state index in [0.717, 1.165) is 30.7 Å². The van der Waals surface area contributed by atoms with Gasteiger partial charge in [-0.2, -0.15) is 0 Å². The van der Waals surface area contributed by atoms with Gasteiger partial charge in [0, 0.05) is 17.6 Å². The number of hydrogen-bond donors (Lipinski definition) is 2. The number of carbonyl (C=O) groups is 2. The summed E-state index contributed by atoms with van der Waals surface area (Å²) in [5.41, 5.74) is 0.399. The molecule has 1 unspecified atom stereocenters. The summed E-state index contributed by atoms with van der Waals surface area (Å²) in [7, 11) is 0. The van der Waals surface area contributed by atoms with Gasteiger partial charge in [-0.05, 0) is 63.6 Å². The van der Waals surface area contributed by atoms with Crippen molar-refractivity contribution in [2.24, 2.45) is 5.41 Å². The maximum Gasteiger partial charge on any atom is 0.272 e. The van der Waals surface area contributed by atoms with E-state index in [2.05, 4.69) is 15.6 Å². The highest BCUT2D eigenvalue weighted by atomic mass is 19.2. The third-order valence-corrected chi connectivity index (χ3v) is 5.41. The summed E-state index contributed by atoms with van der Waals surface area (Å²) >= 11 is 0. The van der Waals surface area contributed by atoms with Gasteiger partial charge < -0.3 is 15.2 Å². The van der Waals surface area contributed by atoms with Gasteiger partial charge in [0.2, 0.25) is 5.91 Å². The first-order chi connectivity index (χ1) is 14.8. The van der Waals surface area contributed by atoms with Crippen LogP contribution in [0.2, 0.25) is 0 Å². The van der Waals surface area contributed by atoms with Crippen LogP contribution >= 0.6 is 0 Å². The Bertz CT molecular complexity index is 1030. The number of amides is 2. The number of halogens is 2. The van der Waals surface area contributed by atoms with Gasteiger partial charge in [-0.15, -0.1) is 0 Å². The molecule has 2 amide bonds. The Morgan fingerprint density at radius 3 is 2.34 bits per heavy atom. The minimum Gasteiger partial charge on any atom is -0.350 e. The molecule has 2 N–H and O–H groups in total. The van der Waals surface area contributed by atoms with E-state index in [0.29, 0.717) is 24.4 Å². The SMILES string of the molecule is CC(C)(C)NC(=O)C(NC(=O)c1nc(-c2ccc(F)c(F)c2)n2c1CCCC2)C(C)(C)C. The standard InChI is InChI=1S/C24H32F2N4O2/c1-23(2,3)19(22(32)29-24(4,5)6)28-21(31)18-17-9-7-8-12-30(17)20(27-18)14-10-11-15(25)16(26)13-14/h10-11,13,19H,7-9,12H2,1-6H3,(H,28,31)(H,29,32). The first-order valence-electron chi connectivity index (χ1n) is 11.0. The third kappa shape index (κ3) is 5.16. The number of rotatable bonds is 4. The van der Waals surface area contributed by atoms with E-state index in [-0.39, 0.29) is 11.6 Å². The predicted octanol–water partition coefficient (Wildman–Crippen LogP) is 4.22. The first-order valence-corrected chi connectivity index (χ1v) is 11.0. The fraction of sp³-hybridized carbons (Fsp3) is 0.542. The summed E-state index contributed by atoms with van der Waals surface area (Å²) in [6, 6.07) is 2.83. The van der Waals surface area contributed by atoms with Gasteiger partial charge in [-0.1, -0.05) is 20.8 Å². The molecule has 0 saturated heterocycles. The zero-order valence-electron chi connectivity index (χ0n) is 19.6. The molecular weight excluding hydrogens is 414 g/mol. The number of benzene rings is 1. The van der Waals surface area contributed by atoms with E-state index in [1.807, 2.05) is 46.1 Å². The Balaban J connectivity index is 1.97. The molecule has 1 aliphatic heterocycles. The van der Waals surface area contributed by atoms with Crippen LogP contribution in [0, 0.1) is 17.0 Å². The second kappa shape index (κ2) is 8.64. The van der Waals surface area contributed by atoms with Gasteiger partial charge in [0.25, 0.3) is 5.91 Å². The molecule has 0 radical (unpaired) electrons. The van der Waals surface area contributed by atoms with Crippen LogP contribution < -0.4 is 10.6 Å². The van der Waals surface area contributed by atoms with Gasteiger partial charge in [0.05, 0.1) is 5.69 Å². The molecule has 174 valence electrons. The summed E-state index contributed by atoms with van der Waals surface area (Å²) in [6.07, 6.45) is 2.45. The van der Waals surface area contributed by atoms with Gasteiger partial charge in [-0.25, -0.2) is 13.8 Å². The lowest BCUT2D eigenvalue weighted by Gasteiger charge is -2.33. The van der Waals surface area contributed by atoms with Gasteiger partial charge >= 0.3 is 0 Å². The van der Waals surface area contributed by atoms with Crippen LogP contribution in [0.1, 0.15) is 70.6 Å². The second-order valence-corrected chi connectivity index (χ2v) is 10.5. The number of fused-ring (bicyclic) bond motifs is 1. The van der Waals surface area contributed by atoms with Crippen LogP contribution in [0.25, 0.3) is 11.4 Å². The van der Waals surface area contributed by atoms with E-state index in [9.17, 15) is 18.4 Å². The molecule has 2 aromatic rings. The van der Waals surface area contributed by atoms with Gasteiger partial charge in [0.15, 0.2) is 11.6 Å². The van der Waals surface area contributed by atoms with E-state index >= 15 is 0 Å². The van der Waals surface area contributed by atoms with Crippen molar-refractivity contribution in [2.75, 3.05) is 0 Å². The van der Waals surface area contributed by atoms with Crippen molar-refractivity contribution in [3.05, 3.63) is 41.2 Å². The first kappa shape index (κ1) is 23.9. The maximum atomic E-state index is 13.9. The molecule has 1 aromatic carbocycles. The topological polar surface area (TPSA) is 76.0 Å². The normalized spacial score (nSPS) is 15.1. The van der Waals surface area contributed by atoms with Crippen molar-refractivity contribution in [1.29, 1.82) is 0 Å². The summed E-state index contributed by atoms with van der Waals surface area (Å²) in [5.74, 6) is -2.20. The quantitative estimate of drug-likeness (QED) is 0.738. The van der Waals surface area contributed by atoms with Crippen LogP contribution in [-0.2, 0) is 17.8 Å². The minimum atomic E-state index is -0.965. The number of hydrogen-bond acceptors (Lipinski definition) is 3. The lowest BCUT2D eigenvalue weighted by Crippen LogP contribution is -2.57. The largest absolute Gasteiger partial charge is 0.350 e. The van der Waals surface area contributed by atoms with Crippen molar-refractivity contribution in [3.8, 4) is 11.4 Å². The van der Waals surface area contributed by atoms with Crippen LogP contribution in [0.3, 0.4) is 0 Å². The average Bonchev–Trinajstić information content (AvgIpc) is 3.05. The fourth-order valence-electron chi connectivity index (χ4n) is 3.90. The highest BCUT2D eigenvalue weighted by Gasteiger charge is 2.36. The number of nitrogens with zero attached hydrogens (tertiary/aromatic N) is 2. The molecule has 0 spiro atoms. The molecule has 0 bridgehead atoms. The van der Waals surface area contributed by atoms with Crippen LogP contribution in [0.4, 0.5) is 8.78 Å². The molecule has 8 heteroatoms. The van der Waals surface area contributed by atoms with Gasteiger partial charge in [-0.3, -0.25) is 9.59 Å².